The van der Waals surface area contributed by atoms with Crippen LogP contribution in [0.3, 0.4) is 0 Å². The van der Waals surface area contributed by atoms with Crippen molar-refractivity contribution in [3.8, 4) is 39.1 Å². The number of anilines is 3. The van der Waals surface area contributed by atoms with Crippen LogP contribution < -0.4 is 4.90 Å². The minimum atomic E-state index is -0.114. The van der Waals surface area contributed by atoms with Gasteiger partial charge in [-0.15, -0.1) is 0 Å². The highest BCUT2D eigenvalue weighted by molar-refractivity contribution is 6.16. The van der Waals surface area contributed by atoms with Crippen molar-refractivity contribution in [2.75, 3.05) is 4.90 Å². The lowest BCUT2D eigenvalue weighted by Gasteiger charge is -2.26. The summed E-state index contributed by atoms with van der Waals surface area (Å²) in [6, 6.07) is 65.1. The van der Waals surface area contributed by atoms with Gasteiger partial charge in [0, 0.05) is 33.5 Å². The molecule has 0 radical (unpaired) electrons. The molecule has 0 aliphatic rings. The maximum Gasteiger partial charge on any atom is 0.0645 e. The fourth-order valence-corrected chi connectivity index (χ4v) is 7.77. The molecular formula is C52H36N2. The molecule has 9 aromatic carbocycles. The lowest BCUT2D eigenvalue weighted by atomic mass is 9.97. The normalized spacial score (nSPS) is 12.4. The molecule has 10 aromatic rings. The Morgan fingerprint density at radius 3 is 1.80 bits per heavy atom. The minimum Gasteiger partial charge on any atom is -0.310 e. The Bertz CT molecular complexity index is 3120. The van der Waals surface area contributed by atoms with Crippen LogP contribution in [0.15, 0.2) is 218 Å². The number of aromatic nitrogens is 1. The van der Waals surface area contributed by atoms with Crippen molar-refractivity contribution in [1.82, 2.24) is 4.57 Å². The second-order valence-corrected chi connectivity index (χ2v) is 13.4. The quantitative estimate of drug-likeness (QED) is 0.161. The van der Waals surface area contributed by atoms with Gasteiger partial charge in [0.15, 0.2) is 0 Å². The molecule has 0 amide bonds. The molecule has 0 N–H and O–H groups in total. The van der Waals surface area contributed by atoms with Gasteiger partial charge in [0.2, 0.25) is 0 Å². The van der Waals surface area contributed by atoms with E-state index in [0.29, 0.717) is 16.9 Å². The highest BCUT2D eigenvalue weighted by Crippen LogP contribution is 2.42. The first-order valence-electron chi connectivity index (χ1n) is 20.2. The van der Waals surface area contributed by atoms with Crippen molar-refractivity contribution in [3.05, 3.63) is 218 Å². The molecule has 0 spiro atoms. The van der Waals surface area contributed by atoms with E-state index in [9.17, 15) is 5.48 Å². The third-order valence-electron chi connectivity index (χ3n) is 10.3. The maximum atomic E-state index is 9.48. The van der Waals surface area contributed by atoms with Crippen LogP contribution in [0.2, 0.25) is 0 Å². The van der Waals surface area contributed by atoms with Crippen molar-refractivity contribution < 1.29 is 5.48 Å². The lowest BCUT2D eigenvalue weighted by molar-refractivity contribution is 1.18. The first-order chi connectivity index (χ1) is 28.5. The molecule has 10 rings (SSSR count). The molecule has 0 saturated heterocycles. The van der Waals surface area contributed by atoms with Crippen molar-refractivity contribution in [3.63, 3.8) is 0 Å². The van der Waals surface area contributed by atoms with Gasteiger partial charge >= 0.3 is 0 Å². The lowest BCUT2D eigenvalue weighted by Crippen LogP contribution is -2.10. The first-order valence-corrected chi connectivity index (χ1v) is 18.2. The number of para-hydroxylation sites is 2. The van der Waals surface area contributed by atoms with Gasteiger partial charge in [-0.1, -0.05) is 158 Å². The van der Waals surface area contributed by atoms with Crippen LogP contribution in [-0.2, 0) is 0 Å². The van der Waals surface area contributed by atoms with Crippen LogP contribution >= 0.6 is 0 Å². The molecule has 2 heteroatoms. The summed E-state index contributed by atoms with van der Waals surface area (Å²) in [5.74, 6) is 0. The Morgan fingerprint density at radius 2 is 0.981 bits per heavy atom. The summed E-state index contributed by atoms with van der Waals surface area (Å²) >= 11 is 0. The Labute approximate surface area is 321 Å². The summed E-state index contributed by atoms with van der Waals surface area (Å²) in [7, 11) is 0. The zero-order valence-corrected chi connectivity index (χ0v) is 29.4. The second kappa shape index (κ2) is 13.4. The smallest absolute Gasteiger partial charge is 0.0645 e. The first kappa shape index (κ1) is 27.5. The minimum absolute atomic E-state index is 0.0887. The molecule has 0 bridgehead atoms. The molecular weight excluding hydrogens is 653 g/mol. The molecule has 54 heavy (non-hydrogen) atoms. The van der Waals surface area contributed by atoms with Crippen molar-refractivity contribution in [2.24, 2.45) is 0 Å². The Kier molecular flexibility index (Phi) is 6.84. The zero-order chi connectivity index (χ0) is 39.3. The summed E-state index contributed by atoms with van der Waals surface area (Å²) < 4.78 is 39.8. The molecule has 2 nitrogen and oxygen atoms in total. The number of fused-ring (bicyclic) bond motifs is 4. The van der Waals surface area contributed by atoms with Gasteiger partial charge in [0.25, 0.3) is 0 Å². The summed E-state index contributed by atoms with van der Waals surface area (Å²) in [5.41, 5.74) is 9.98. The summed E-state index contributed by atoms with van der Waals surface area (Å²) in [4.78, 5) is 1.87. The second-order valence-electron chi connectivity index (χ2n) is 13.4. The summed E-state index contributed by atoms with van der Waals surface area (Å²) in [6.45, 7) is 0. The number of rotatable bonds is 7. The Morgan fingerprint density at radius 1 is 0.370 bits per heavy atom. The molecule has 0 aliphatic heterocycles. The van der Waals surface area contributed by atoms with Crippen molar-refractivity contribution in [1.29, 1.82) is 0 Å². The van der Waals surface area contributed by atoms with Gasteiger partial charge in [0.1, 0.15) is 0 Å². The number of benzene rings is 9. The van der Waals surface area contributed by atoms with Crippen LogP contribution in [0, 0.1) is 0 Å². The average Bonchev–Trinajstić information content (AvgIpc) is 3.62. The molecule has 0 aliphatic carbocycles. The van der Waals surface area contributed by atoms with Gasteiger partial charge in [0.05, 0.1) is 16.5 Å². The maximum absolute atomic E-state index is 9.48. The topological polar surface area (TPSA) is 8.17 Å². The van der Waals surface area contributed by atoms with E-state index in [0.717, 1.165) is 60.5 Å². The van der Waals surface area contributed by atoms with Gasteiger partial charge < -0.3 is 9.47 Å². The largest absolute Gasteiger partial charge is 0.310 e. The van der Waals surface area contributed by atoms with Crippen molar-refractivity contribution in [2.45, 2.75) is 0 Å². The SMILES string of the molecule is [2H]c1c([2H])c(N(c2ccc(-c3cccc4ccccc34)cc2)c2cccc(-c3cccc4c3c3ccccc3n4-c3ccccc3)c2)c([2H])c([2H])c1-c1ccccc1. The zero-order valence-electron chi connectivity index (χ0n) is 33.4. The number of nitrogens with zero attached hydrogens (tertiary/aromatic N) is 2. The predicted molar refractivity (Wildman–Crippen MR) is 229 cm³/mol. The van der Waals surface area contributed by atoms with E-state index in [2.05, 4.69) is 132 Å². The average molecular weight is 693 g/mol. The van der Waals surface area contributed by atoms with Crippen LogP contribution in [0.1, 0.15) is 5.48 Å². The number of hydrogen-bond donors (Lipinski definition) is 0. The highest BCUT2D eigenvalue weighted by Gasteiger charge is 2.18. The Hall–Kier alpha value is -7.16. The molecule has 254 valence electrons. The predicted octanol–water partition coefficient (Wildman–Crippen LogP) is 14.4. The van der Waals surface area contributed by atoms with E-state index in [1.807, 2.05) is 71.6 Å². The molecule has 0 unspecified atom stereocenters. The molecule has 0 fully saturated rings. The molecule has 0 saturated carbocycles. The molecule has 0 atom stereocenters. The van der Waals surface area contributed by atoms with Crippen LogP contribution in [0.25, 0.3) is 71.6 Å². The van der Waals surface area contributed by atoms with E-state index in [4.69, 9.17) is 0 Å². The monoisotopic (exact) mass is 692 g/mol. The standard InChI is InChI=1S/C52H36N2/c1-3-14-37(15-4-1)38-28-32-43(33-29-38)53(44-34-30-40(31-35-44)47-24-12-17-39-16-7-8-22-46(39)47)45-21-11-18-41(36-45)48-25-13-27-51-52(48)49-23-9-10-26-50(49)54(51)42-19-5-2-6-20-42/h1-36H/i28D,29D,32D,33D. The van der Waals surface area contributed by atoms with E-state index in [-0.39, 0.29) is 35.4 Å². The fraction of sp³-hybridized carbons (Fsp3) is 0. The third-order valence-corrected chi connectivity index (χ3v) is 10.3. The van der Waals surface area contributed by atoms with Gasteiger partial charge in [-0.05, 0) is 105 Å². The van der Waals surface area contributed by atoms with E-state index < -0.39 is 0 Å². The van der Waals surface area contributed by atoms with Gasteiger partial charge in [-0.3, -0.25) is 0 Å². The van der Waals surface area contributed by atoms with Gasteiger partial charge in [-0.25, -0.2) is 0 Å². The fourth-order valence-electron chi connectivity index (χ4n) is 7.77. The van der Waals surface area contributed by atoms with Crippen LogP contribution in [0.5, 0.6) is 0 Å². The van der Waals surface area contributed by atoms with E-state index in [1.165, 1.54) is 0 Å². The van der Waals surface area contributed by atoms with Crippen LogP contribution in [-0.4, -0.2) is 4.57 Å². The van der Waals surface area contributed by atoms with E-state index in [1.54, 1.807) is 0 Å². The van der Waals surface area contributed by atoms with Crippen LogP contribution in [0.4, 0.5) is 17.1 Å². The third kappa shape index (κ3) is 5.53. The van der Waals surface area contributed by atoms with Crippen molar-refractivity contribution >= 4 is 49.6 Å². The highest BCUT2D eigenvalue weighted by atomic mass is 15.1. The Balaban J connectivity index is 1.18. The summed E-state index contributed by atoms with van der Waals surface area (Å²) in [6.07, 6.45) is 0. The van der Waals surface area contributed by atoms with E-state index >= 15 is 0 Å². The molecule has 1 aromatic heterocycles. The number of hydrogen-bond acceptors (Lipinski definition) is 1. The summed E-state index contributed by atoms with van der Waals surface area (Å²) in [5, 5.41) is 4.58. The molecule has 1 heterocycles. The van der Waals surface area contributed by atoms with Gasteiger partial charge in [-0.2, -0.15) is 0 Å².